The molecule has 0 aliphatic rings. The van der Waals surface area contributed by atoms with Gasteiger partial charge in [0.2, 0.25) is 0 Å². The second-order valence-electron chi connectivity index (χ2n) is 5.48. The van der Waals surface area contributed by atoms with Gasteiger partial charge in [0.25, 0.3) is 11.5 Å². The fourth-order valence-corrected chi connectivity index (χ4v) is 2.58. The van der Waals surface area contributed by atoms with Crippen molar-refractivity contribution < 1.29 is 18.8 Å². The number of methoxy groups -OCH3 is 1. The van der Waals surface area contributed by atoms with Crippen LogP contribution < -0.4 is 16.4 Å². The molecule has 0 unspecified atom stereocenters. The molecule has 0 spiro atoms. The molecule has 2 N–H and O–H groups in total. The highest BCUT2D eigenvalue weighted by molar-refractivity contribution is 9.10. The summed E-state index contributed by atoms with van der Waals surface area (Å²) in [7, 11) is 3.04. The molecule has 0 saturated carbocycles. The Kier molecular flexibility index (Phi) is 6.90. The first-order valence-corrected chi connectivity index (χ1v) is 8.47. The highest BCUT2D eigenvalue weighted by Crippen LogP contribution is 2.26. The third-order valence-corrected chi connectivity index (χ3v) is 4.09. The van der Waals surface area contributed by atoms with Crippen molar-refractivity contribution >= 4 is 33.2 Å². The second-order valence-corrected chi connectivity index (χ2v) is 6.40. The number of rotatable bonds is 7. The first-order valence-electron chi connectivity index (χ1n) is 7.68. The average Bonchev–Trinajstić information content (AvgIpc) is 2.60. The number of halogens is 2. The molecule has 0 fully saturated rings. The fraction of sp³-hybridized carbons (Fsp3) is 0.294. The van der Waals surface area contributed by atoms with E-state index in [1.54, 1.807) is 13.0 Å². The quantitative estimate of drug-likeness (QED) is 0.524. The predicted octanol–water partition coefficient (Wildman–Crippen LogP) is 2.65. The molecule has 0 aliphatic carbocycles. The Labute approximate surface area is 158 Å². The van der Waals surface area contributed by atoms with Crippen LogP contribution in [0, 0.1) is 12.7 Å². The Morgan fingerprint density at radius 1 is 1.35 bits per heavy atom. The van der Waals surface area contributed by atoms with Gasteiger partial charge < -0.3 is 14.6 Å². The SMILES string of the molecule is COCCONC(=O)c1cn(C)c(=O)c(C)c1Nc1ccc(Br)cc1F. The third kappa shape index (κ3) is 4.69. The maximum Gasteiger partial charge on any atom is 0.278 e. The zero-order valence-corrected chi connectivity index (χ0v) is 16.1. The van der Waals surface area contributed by atoms with Gasteiger partial charge in [0, 0.05) is 30.4 Å². The minimum absolute atomic E-state index is 0.138. The predicted molar refractivity (Wildman–Crippen MR) is 99.1 cm³/mol. The smallest absolute Gasteiger partial charge is 0.278 e. The molecule has 1 aromatic heterocycles. The van der Waals surface area contributed by atoms with Gasteiger partial charge in [-0.2, -0.15) is 0 Å². The zero-order valence-electron chi connectivity index (χ0n) is 14.6. The van der Waals surface area contributed by atoms with E-state index in [9.17, 15) is 14.0 Å². The Hall–Kier alpha value is -2.23. The summed E-state index contributed by atoms with van der Waals surface area (Å²) in [5.41, 5.74) is 2.75. The van der Waals surface area contributed by atoms with Gasteiger partial charge >= 0.3 is 0 Å². The van der Waals surface area contributed by atoms with Crippen LogP contribution in [-0.4, -0.2) is 30.8 Å². The van der Waals surface area contributed by atoms with Crippen LogP contribution in [0.25, 0.3) is 0 Å². The van der Waals surface area contributed by atoms with Crippen LogP contribution in [0.15, 0.2) is 33.7 Å². The number of carbonyl (C=O) groups is 1. The molecule has 1 heterocycles. The van der Waals surface area contributed by atoms with E-state index in [0.717, 1.165) is 0 Å². The van der Waals surface area contributed by atoms with Gasteiger partial charge in [0.05, 0.1) is 30.2 Å². The number of hydroxylamine groups is 1. The number of benzene rings is 1. The monoisotopic (exact) mass is 427 g/mol. The summed E-state index contributed by atoms with van der Waals surface area (Å²) in [6.07, 6.45) is 1.36. The first kappa shape index (κ1) is 20.1. The summed E-state index contributed by atoms with van der Waals surface area (Å²) in [5.74, 6) is -1.10. The molecule has 1 amide bonds. The van der Waals surface area contributed by atoms with E-state index >= 15 is 0 Å². The van der Waals surface area contributed by atoms with E-state index in [4.69, 9.17) is 9.57 Å². The number of carbonyl (C=O) groups excluding carboxylic acids is 1. The number of aromatic nitrogens is 1. The minimum atomic E-state index is -0.570. The third-order valence-electron chi connectivity index (χ3n) is 3.60. The van der Waals surface area contributed by atoms with Crippen molar-refractivity contribution in [3.8, 4) is 0 Å². The van der Waals surface area contributed by atoms with Gasteiger partial charge in [-0.15, -0.1) is 0 Å². The summed E-state index contributed by atoms with van der Waals surface area (Å²) >= 11 is 3.18. The maximum atomic E-state index is 14.2. The van der Waals surface area contributed by atoms with Crippen LogP contribution in [0.2, 0.25) is 0 Å². The number of hydrogen-bond acceptors (Lipinski definition) is 5. The molecule has 0 atom stereocenters. The Morgan fingerprint density at radius 2 is 2.08 bits per heavy atom. The number of anilines is 2. The lowest BCUT2D eigenvalue weighted by molar-refractivity contribution is 0.00889. The lowest BCUT2D eigenvalue weighted by atomic mass is 10.1. The number of amides is 1. The Morgan fingerprint density at radius 3 is 2.73 bits per heavy atom. The van der Waals surface area contributed by atoms with Crippen molar-refractivity contribution in [1.82, 2.24) is 10.0 Å². The van der Waals surface area contributed by atoms with Crippen molar-refractivity contribution in [1.29, 1.82) is 0 Å². The number of aryl methyl sites for hydroxylation is 1. The fourth-order valence-electron chi connectivity index (χ4n) is 2.25. The topological polar surface area (TPSA) is 81.6 Å². The Bertz CT molecular complexity index is 870. The summed E-state index contributed by atoms with van der Waals surface area (Å²) < 4.78 is 20.8. The molecule has 1 aromatic carbocycles. The van der Waals surface area contributed by atoms with Crippen LogP contribution >= 0.6 is 15.9 Å². The van der Waals surface area contributed by atoms with E-state index in [1.165, 1.54) is 37.1 Å². The average molecular weight is 428 g/mol. The molecule has 9 heteroatoms. The van der Waals surface area contributed by atoms with E-state index in [1.807, 2.05) is 0 Å². The highest BCUT2D eigenvalue weighted by Gasteiger charge is 2.19. The second kappa shape index (κ2) is 8.93. The molecule has 7 nitrogen and oxygen atoms in total. The molecule has 0 saturated heterocycles. The first-order chi connectivity index (χ1) is 12.3. The standard InChI is InChI=1S/C17H19BrFN3O4/c1-10-15(20-14-5-4-11(18)8-13(14)19)12(9-22(2)17(10)24)16(23)21-26-7-6-25-3/h4-5,8-9,20H,6-7H2,1-3H3,(H,21,23). The lowest BCUT2D eigenvalue weighted by Crippen LogP contribution is -2.30. The number of ether oxygens (including phenoxy) is 1. The van der Waals surface area contributed by atoms with Crippen LogP contribution in [0.1, 0.15) is 15.9 Å². The van der Waals surface area contributed by atoms with E-state index in [2.05, 4.69) is 26.7 Å². The van der Waals surface area contributed by atoms with Crippen molar-refractivity contribution in [3.63, 3.8) is 0 Å². The van der Waals surface area contributed by atoms with E-state index in [0.29, 0.717) is 11.1 Å². The van der Waals surface area contributed by atoms with Crippen LogP contribution in [0.4, 0.5) is 15.8 Å². The molecular formula is C17H19BrFN3O4. The summed E-state index contributed by atoms with van der Waals surface area (Å²) in [4.78, 5) is 29.7. The normalized spacial score (nSPS) is 10.7. The minimum Gasteiger partial charge on any atom is -0.382 e. The molecule has 0 bridgehead atoms. The van der Waals surface area contributed by atoms with Crippen molar-refractivity contribution in [2.75, 3.05) is 25.6 Å². The van der Waals surface area contributed by atoms with Crippen molar-refractivity contribution in [3.05, 3.63) is 56.2 Å². The van der Waals surface area contributed by atoms with Gasteiger partial charge in [-0.25, -0.2) is 9.87 Å². The van der Waals surface area contributed by atoms with Crippen molar-refractivity contribution in [2.45, 2.75) is 6.92 Å². The van der Waals surface area contributed by atoms with Gasteiger partial charge in [-0.1, -0.05) is 15.9 Å². The van der Waals surface area contributed by atoms with E-state index < -0.39 is 11.7 Å². The molecule has 26 heavy (non-hydrogen) atoms. The van der Waals surface area contributed by atoms with Gasteiger partial charge in [0.15, 0.2) is 0 Å². The maximum absolute atomic E-state index is 14.2. The van der Waals surface area contributed by atoms with Crippen molar-refractivity contribution in [2.24, 2.45) is 7.05 Å². The molecule has 2 aromatic rings. The van der Waals surface area contributed by atoms with Crippen LogP contribution in [0.5, 0.6) is 0 Å². The van der Waals surface area contributed by atoms with Gasteiger partial charge in [-0.3, -0.25) is 14.4 Å². The lowest BCUT2D eigenvalue weighted by Gasteiger charge is -2.16. The molecule has 0 aliphatic heterocycles. The summed E-state index contributed by atoms with van der Waals surface area (Å²) in [6.45, 7) is 2.03. The number of hydrogen-bond donors (Lipinski definition) is 2. The number of pyridine rings is 1. The zero-order chi connectivity index (χ0) is 19.3. The van der Waals surface area contributed by atoms with E-state index in [-0.39, 0.29) is 34.7 Å². The molecule has 140 valence electrons. The Balaban J connectivity index is 2.38. The number of nitrogens with zero attached hydrogens (tertiary/aromatic N) is 1. The largest absolute Gasteiger partial charge is 0.382 e. The van der Waals surface area contributed by atoms with Crippen LogP contribution in [-0.2, 0) is 16.6 Å². The summed E-state index contributed by atoms with van der Waals surface area (Å²) in [6, 6.07) is 4.44. The number of nitrogens with one attached hydrogen (secondary N) is 2. The van der Waals surface area contributed by atoms with Gasteiger partial charge in [0.1, 0.15) is 5.82 Å². The molecular weight excluding hydrogens is 409 g/mol. The highest BCUT2D eigenvalue weighted by atomic mass is 79.9. The van der Waals surface area contributed by atoms with Gasteiger partial charge in [-0.05, 0) is 25.1 Å². The van der Waals surface area contributed by atoms with Crippen LogP contribution in [0.3, 0.4) is 0 Å². The molecule has 0 radical (unpaired) electrons. The molecule has 2 rings (SSSR count). The summed E-state index contributed by atoms with van der Waals surface area (Å²) in [5, 5.41) is 2.84.